The van der Waals surface area contributed by atoms with Crippen LogP contribution in [-0.4, -0.2) is 64.8 Å². The molecule has 0 saturated heterocycles. The number of carboxylic acid groups (broad SMARTS) is 2. The summed E-state index contributed by atoms with van der Waals surface area (Å²) in [5.74, 6) is -2.90. The Hall–Kier alpha value is -3.82. The van der Waals surface area contributed by atoms with Gasteiger partial charge in [0, 0.05) is 11.1 Å². The zero-order valence-corrected chi connectivity index (χ0v) is 17.3. The van der Waals surface area contributed by atoms with Crippen molar-refractivity contribution in [1.29, 1.82) is 0 Å². The Morgan fingerprint density at radius 1 is 0.600 bits per heavy atom. The monoisotopic (exact) mass is 422 g/mol. The molecule has 0 fully saturated rings. The number of ether oxygens (including phenoxy) is 6. The second-order valence-electron chi connectivity index (χ2n) is 5.72. The van der Waals surface area contributed by atoms with E-state index in [0.717, 1.165) is 0 Å². The van der Waals surface area contributed by atoms with Crippen LogP contribution in [0.4, 0.5) is 0 Å². The topological polar surface area (TPSA) is 130 Å². The van der Waals surface area contributed by atoms with E-state index in [9.17, 15) is 19.8 Å². The summed E-state index contributed by atoms with van der Waals surface area (Å²) < 4.78 is 31.8. The highest BCUT2D eigenvalue weighted by Gasteiger charge is 2.35. The van der Waals surface area contributed by atoms with Gasteiger partial charge >= 0.3 is 11.9 Å². The molecule has 0 bridgehead atoms. The normalized spacial score (nSPS) is 10.2. The lowest BCUT2D eigenvalue weighted by Gasteiger charge is -2.23. The van der Waals surface area contributed by atoms with E-state index >= 15 is 0 Å². The third-order valence-corrected chi connectivity index (χ3v) is 4.38. The lowest BCUT2D eigenvalue weighted by molar-refractivity contribution is 0.0679. The number of hydrogen-bond donors (Lipinski definition) is 2. The smallest absolute Gasteiger partial charge is 0.340 e. The van der Waals surface area contributed by atoms with Crippen LogP contribution in [-0.2, 0) is 0 Å². The van der Waals surface area contributed by atoms with Gasteiger partial charge < -0.3 is 38.6 Å². The van der Waals surface area contributed by atoms with E-state index in [2.05, 4.69) is 0 Å². The van der Waals surface area contributed by atoms with Crippen molar-refractivity contribution < 1.29 is 48.2 Å². The molecular weight excluding hydrogens is 400 g/mol. The third-order valence-electron chi connectivity index (χ3n) is 4.38. The van der Waals surface area contributed by atoms with Gasteiger partial charge in [0.1, 0.15) is 11.1 Å². The summed E-state index contributed by atoms with van der Waals surface area (Å²) in [6, 6.07) is 2.84. The Morgan fingerprint density at radius 3 is 1.47 bits per heavy atom. The number of carboxylic acids is 2. The fourth-order valence-corrected chi connectivity index (χ4v) is 3.23. The van der Waals surface area contributed by atoms with Gasteiger partial charge in [-0.2, -0.15) is 0 Å². The minimum atomic E-state index is -1.40. The average molecular weight is 422 g/mol. The van der Waals surface area contributed by atoms with Crippen LogP contribution in [0.3, 0.4) is 0 Å². The lowest BCUT2D eigenvalue weighted by Crippen LogP contribution is -2.11. The van der Waals surface area contributed by atoms with Crippen LogP contribution in [0.15, 0.2) is 12.1 Å². The Kier molecular flexibility index (Phi) is 6.83. The van der Waals surface area contributed by atoms with Crippen molar-refractivity contribution in [3.8, 4) is 45.6 Å². The highest BCUT2D eigenvalue weighted by atomic mass is 16.5. The maximum atomic E-state index is 12.2. The highest BCUT2D eigenvalue weighted by Crippen LogP contribution is 2.54. The van der Waals surface area contributed by atoms with E-state index in [-0.39, 0.29) is 56.8 Å². The van der Waals surface area contributed by atoms with Crippen LogP contribution >= 0.6 is 0 Å². The van der Waals surface area contributed by atoms with E-state index in [4.69, 9.17) is 28.4 Å². The predicted octanol–water partition coefficient (Wildman–Crippen LogP) is 2.80. The van der Waals surface area contributed by atoms with Crippen LogP contribution in [0, 0.1) is 0 Å². The predicted molar refractivity (Wildman–Crippen MR) is 105 cm³/mol. The molecule has 0 heterocycles. The number of hydrogen-bond acceptors (Lipinski definition) is 8. The average Bonchev–Trinajstić information content (AvgIpc) is 2.75. The van der Waals surface area contributed by atoms with Crippen molar-refractivity contribution in [3.63, 3.8) is 0 Å². The van der Waals surface area contributed by atoms with Crippen molar-refractivity contribution >= 4 is 11.9 Å². The van der Waals surface area contributed by atoms with Crippen molar-refractivity contribution in [2.24, 2.45) is 0 Å². The molecule has 0 aliphatic heterocycles. The molecule has 10 heteroatoms. The summed E-state index contributed by atoms with van der Waals surface area (Å²) >= 11 is 0. The van der Waals surface area contributed by atoms with Crippen LogP contribution in [0.5, 0.6) is 34.5 Å². The first-order chi connectivity index (χ1) is 14.3. The standard InChI is InChI=1S/C20H22O10/c1-25-10-8-7-9(12(19(21)22)14(10)26-2)11-13(20(23)24)16(28-4)18(30-6)17(29-5)15(11)27-3/h7-8H,1-6H3,(H,21,22)(H,23,24). The summed E-state index contributed by atoms with van der Waals surface area (Å²) in [6.07, 6.45) is 0. The molecule has 0 aliphatic rings. The fraction of sp³-hybridized carbons (Fsp3) is 0.300. The van der Waals surface area contributed by atoms with Gasteiger partial charge in [-0.15, -0.1) is 0 Å². The van der Waals surface area contributed by atoms with E-state index in [0.29, 0.717) is 0 Å². The summed E-state index contributed by atoms with van der Waals surface area (Å²) in [4.78, 5) is 24.4. The first-order valence-corrected chi connectivity index (χ1v) is 8.44. The van der Waals surface area contributed by atoms with Gasteiger partial charge in [-0.05, 0) is 12.1 Å². The van der Waals surface area contributed by atoms with Crippen molar-refractivity contribution in [3.05, 3.63) is 23.3 Å². The van der Waals surface area contributed by atoms with Gasteiger partial charge in [0.15, 0.2) is 23.0 Å². The van der Waals surface area contributed by atoms with Crippen molar-refractivity contribution in [2.45, 2.75) is 0 Å². The van der Waals surface area contributed by atoms with E-state index in [1.165, 1.54) is 54.8 Å². The molecule has 0 spiro atoms. The SMILES string of the molecule is COc1ccc(-c2c(OC)c(OC)c(OC)c(OC)c2C(=O)O)c(C(=O)O)c1OC. The zero-order valence-electron chi connectivity index (χ0n) is 17.3. The number of methoxy groups -OCH3 is 6. The Labute approximate surface area is 172 Å². The molecule has 10 nitrogen and oxygen atoms in total. The molecule has 0 aliphatic carbocycles. The van der Waals surface area contributed by atoms with Crippen LogP contribution in [0.2, 0.25) is 0 Å². The molecule has 0 atom stereocenters. The number of carbonyl (C=O) groups is 2. The minimum Gasteiger partial charge on any atom is -0.493 e. The van der Waals surface area contributed by atoms with E-state index in [1.807, 2.05) is 0 Å². The second kappa shape index (κ2) is 9.12. The largest absolute Gasteiger partial charge is 0.493 e. The molecule has 30 heavy (non-hydrogen) atoms. The molecule has 0 amide bonds. The maximum absolute atomic E-state index is 12.2. The molecule has 2 aromatic carbocycles. The van der Waals surface area contributed by atoms with Gasteiger partial charge in [0.25, 0.3) is 0 Å². The van der Waals surface area contributed by atoms with Crippen LogP contribution in [0.25, 0.3) is 11.1 Å². The summed E-state index contributed by atoms with van der Waals surface area (Å²) in [7, 11) is 7.82. The van der Waals surface area contributed by atoms with E-state index < -0.39 is 11.9 Å². The molecule has 2 rings (SSSR count). The van der Waals surface area contributed by atoms with E-state index in [1.54, 1.807) is 0 Å². The Bertz CT molecular complexity index is 981. The number of rotatable bonds is 9. The Balaban J connectivity index is 3.19. The third kappa shape index (κ3) is 3.47. The molecule has 162 valence electrons. The maximum Gasteiger partial charge on any atom is 0.340 e. The lowest BCUT2D eigenvalue weighted by atomic mass is 9.91. The van der Waals surface area contributed by atoms with Gasteiger partial charge in [0.2, 0.25) is 11.5 Å². The van der Waals surface area contributed by atoms with Crippen molar-refractivity contribution in [1.82, 2.24) is 0 Å². The summed E-state index contributed by atoms with van der Waals surface area (Å²) in [5, 5.41) is 19.9. The number of benzene rings is 2. The summed E-state index contributed by atoms with van der Waals surface area (Å²) in [6.45, 7) is 0. The molecule has 0 saturated carbocycles. The molecular formula is C20H22O10. The van der Waals surface area contributed by atoms with Crippen LogP contribution < -0.4 is 28.4 Å². The van der Waals surface area contributed by atoms with Gasteiger partial charge in [-0.25, -0.2) is 9.59 Å². The van der Waals surface area contributed by atoms with Gasteiger partial charge in [-0.3, -0.25) is 0 Å². The Morgan fingerprint density at radius 2 is 1.07 bits per heavy atom. The number of aromatic carboxylic acids is 2. The van der Waals surface area contributed by atoms with Crippen molar-refractivity contribution in [2.75, 3.05) is 42.7 Å². The quantitative estimate of drug-likeness (QED) is 0.622. The molecule has 0 aromatic heterocycles. The molecule has 0 unspecified atom stereocenters. The molecule has 2 N–H and O–H groups in total. The fourth-order valence-electron chi connectivity index (χ4n) is 3.23. The minimum absolute atomic E-state index is 0.00588. The zero-order chi connectivity index (χ0) is 22.6. The first kappa shape index (κ1) is 22.5. The second-order valence-corrected chi connectivity index (χ2v) is 5.72. The summed E-state index contributed by atoms with van der Waals surface area (Å²) in [5.41, 5.74) is -0.792. The molecule has 0 radical (unpaired) electrons. The van der Waals surface area contributed by atoms with Gasteiger partial charge in [0.05, 0.1) is 42.7 Å². The highest BCUT2D eigenvalue weighted by molar-refractivity contribution is 6.08. The van der Waals surface area contributed by atoms with Crippen LogP contribution in [0.1, 0.15) is 20.7 Å². The molecule has 2 aromatic rings. The van der Waals surface area contributed by atoms with Gasteiger partial charge in [-0.1, -0.05) is 0 Å². The first-order valence-electron chi connectivity index (χ1n) is 8.44.